The van der Waals surface area contributed by atoms with Gasteiger partial charge in [-0.15, -0.1) is 0 Å². The van der Waals surface area contributed by atoms with Crippen molar-refractivity contribution in [1.29, 1.82) is 0 Å². The number of benzene rings is 1. The molecule has 0 spiro atoms. The van der Waals surface area contributed by atoms with Crippen LogP contribution in [-0.2, 0) is 11.2 Å². The predicted molar refractivity (Wildman–Crippen MR) is 68.7 cm³/mol. The first-order valence-electron chi connectivity index (χ1n) is 6.59. The molecule has 0 radical (unpaired) electrons. The van der Waals surface area contributed by atoms with Crippen molar-refractivity contribution in [2.75, 3.05) is 26.2 Å². The van der Waals surface area contributed by atoms with Crippen LogP contribution in [-0.4, -0.2) is 37.0 Å². The van der Waals surface area contributed by atoms with Gasteiger partial charge >= 0.3 is 0 Å². The first-order chi connectivity index (χ1) is 9.16. The van der Waals surface area contributed by atoms with E-state index in [9.17, 15) is 13.6 Å². The molecule has 0 aromatic heterocycles. The monoisotopic (exact) mass is 268 g/mol. The van der Waals surface area contributed by atoms with Gasteiger partial charge < -0.3 is 10.2 Å². The number of aryl methyl sites for hydroxylation is 1. The molecule has 1 N–H and O–H groups in total. The third-order valence-corrected chi connectivity index (χ3v) is 3.30. The quantitative estimate of drug-likeness (QED) is 0.905. The maximum absolute atomic E-state index is 13.0. The highest BCUT2D eigenvalue weighted by atomic mass is 19.2. The van der Waals surface area contributed by atoms with Gasteiger partial charge in [0.15, 0.2) is 11.6 Å². The second-order valence-corrected chi connectivity index (χ2v) is 4.73. The zero-order valence-electron chi connectivity index (χ0n) is 10.8. The number of rotatable bonds is 3. The molecular weight excluding hydrogens is 250 g/mol. The van der Waals surface area contributed by atoms with E-state index in [1.165, 1.54) is 6.07 Å². The molecule has 19 heavy (non-hydrogen) atoms. The van der Waals surface area contributed by atoms with Gasteiger partial charge in [-0.3, -0.25) is 4.79 Å². The standard InChI is InChI=1S/C14H18F2N2O/c15-12-4-2-11(10-13(12)16)3-5-14(19)18-8-1-6-17-7-9-18/h2,4,10,17H,1,3,5-9H2. The zero-order chi connectivity index (χ0) is 13.7. The summed E-state index contributed by atoms with van der Waals surface area (Å²) in [5, 5.41) is 3.23. The molecule has 0 bridgehead atoms. The summed E-state index contributed by atoms with van der Waals surface area (Å²) in [7, 11) is 0. The second kappa shape index (κ2) is 6.61. The minimum Gasteiger partial charge on any atom is -0.341 e. The van der Waals surface area contributed by atoms with E-state index in [2.05, 4.69) is 5.32 Å². The summed E-state index contributed by atoms with van der Waals surface area (Å²) in [4.78, 5) is 13.8. The van der Waals surface area contributed by atoms with Gasteiger partial charge in [0.25, 0.3) is 0 Å². The molecule has 1 heterocycles. The summed E-state index contributed by atoms with van der Waals surface area (Å²) >= 11 is 0. The Kier molecular flexibility index (Phi) is 4.85. The normalized spacial score (nSPS) is 16.2. The summed E-state index contributed by atoms with van der Waals surface area (Å²) < 4.78 is 25.8. The van der Waals surface area contributed by atoms with Gasteiger partial charge in [-0.05, 0) is 37.1 Å². The van der Waals surface area contributed by atoms with Gasteiger partial charge in [0.05, 0.1) is 0 Å². The average molecular weight is 268 g/mol. The van der Waals surface area contributed by atoms with Gasteiger partial charge in [-0.2, -0.15) is 0 Å². The number of carbonyl (C=O) groups is 1. The molecule has 1 fully saturated rings. The molecule has 1 aliphatic heterocycles. The van der Waals surface area contributed by atoms with Crippen LogP contribution >= 0.6 is 0 Å². The molecule has 2 rings (SSSR count). The lowest BCUT2D eigenvalue weighted by molar-refractivity contribution is -0.130. The summed E-state index contributed by atoms with van der Waals surface area (Å²) in [6.45, 7) is 3.24. The molecule has 104 valence electrons. The van der Waals surface area contributed by atoms with Crippen LogP contribution in [0.15, 0.2) is 18.2 Å². The van der Waals surface area contributed by atoms with Crippen LogP contribution in [0, 0.1) is 11.6 Å². The van der Waals surface area contributed by atoms with Crippen LogP contribution < -0.4 is 5.32 Å². The fourth-order valence-corrected chi connectivity index (χ4v) is 2.20. The fraction of sp³-hybridized carbons (Fsp3) is 0.500. The molecule has 1 aliphatic rings. The number of nitrogens with zero attached hydrogens (tertiary/aromatic N) is 1. The molecule has 1 saturated heterocycles. The van der Waals surface area contributed by atoms with Crippen molar-refractivity contribution in [2.24, 2.45) is 0 Å². The summed E-state index contributed by atoms with van der Waals surface area (Å²) in [6, 6.07) is 3.78. The van der Waals surface area contributed by atoms with E-state index in [-0.39, 0.29) is 5.91 Å². The molecule has 1 amide bonds. The van der Waals surface area contributed by atoms with Crippen LogP contribution in [0.2, 0.25) is 0 Å². The average Bonchev–Trinajstić information content (AvgIpc) is 2.69. The predicted octanol–water partition coefficient (Wildman–Crippen LogP) is 1.72. The molecule has 0 atom stereocenters. The highest BCUT2D eigenvalue weighted by molar-refractivity contribution is 5.76. The minimum atomic E-state index is -0.857. The van der Waals surface area contributed by atoms with Gasteiger partial charge in [0, 0.05) is 26.1 Å². The van der Waals surface area contributed by atoms with Crippen molar-refractivity contribution in [3.63, 3.8) is 0 Å². The third kappa shape index (κ3) is 3.99. The number of halogens is 2. The Morgan fingerprint density at radius 2 is 2.05 bits per heavy atom. The van der Waals surface area contributed by atoms with Crippen LogP contribution in [0.3, 0.4) is 0 Å². The Morgan fingerprint density at radius 3 is 2.84 bits per heavy atom. The summed E-state index contributed by atoms with van der Waals surface area (Å²) in [5.41, 5.74) is 0.653. The lowest BCUT2D eigenvalue weighted by Gasteiger charge is -2.19. The Hall–Kier alpha value is -1.49. The first-order valence-corrected chi connectivity index (χ1v) is 6.59. The maximum atomic E-state index is 13.0. The van der Waals surface area contributed by atoms with E-state index in [1.807, 2.05) is 4.90 Å². The summed E-state index contributed by atoms with van der Waals surface area (Å²) in [6.07, 6.45) is 1.74. The van der Waals surface area contributed by atoms with Crippen LogP contribution in [0.1, 0.15) is 18.4 Å². The Labute approximate surface area is 111 Å². The maximum Gasteiger partial charge on any atom is 0.222 e. The minimum absolute atomic E-state index is 0.0773. The lowest BCUT2D eigenvalue weighted by atomic mass is 10.1. The van der Waals surface area contributed by atoms with Crippen molar-refractivity contribution in [3.05, 3.63) is 35.4 Å². The molecule has 3 nitrogen and oxygen atoms in total. The van der Waals surface area contributed by atoms with Gasteiger partial charge in [-0.25, -0.2) is 8.78 Å². The molecule has 0 unspecified atom stereocenters. The van der Waals surface area contributed by atoms with Gasteiger partial charge in [0.1, 0.15) is 0 Å². The fourth-order valence-electron chi connectivity index (χ4n) is 2.20. The number of hydrogen-bond acceptors (Lipinski definition) is 2. The van der Waals surface area contributed by atoms with Crippen molar-refractivity contribution in [1.82, 2.24) is 10.2 Å². The van der Waals surface area contributed by atoms with Crippen molar-refractivity contribution in [2.45, 2.75) is 19.3 Å². The number of carbonyl (C=O) groups excluding carboxylic acids is 1. The Morgan fingerprint density at radius 1 is 1.21 bits per heavy atom. The van der Waals surface area contributed by atoms with Crippen LogP contribution in [0.5, 0.6) is 0 Å². The van der Waals surface area contributed by atoms with E-state index in [0.717, 1.165) is 44.7 Å². The highest BCUT2D eigenvalue weighted by Crippen LogP contribution is 2.11. The second-order valence-electron chi connectivity index (χ2n) is 4.73. The van der Waals surface area contributed by atoms with E-state index in [4.69, 9.17) is 0 Å². The largest absolute Gasteiger partial charge is 0.341 e. The number of amides is 1. The van der Waals surface area contributed by atoms with Crippen molar-refractivity contribution >= 4 is 5.91 Å². The van der Waals surface area contributed by atoms with Gasteiger partial charge in [-0.1, -0.05) is 6.07 Å². The zero-order valence-corrected chi connectivity index (χ0v) is 10.8. The molecule has 1 aromatic rings. The van der Waals surface area contributed by atoms with Crippen LogP contribution in [0.25, 0.3) is 0 Å². The first kappa shape index (κ1) is 13.9. The highest BCUT2D eigenvalue weighted by Gasteiger charge is 2.15. The number of nitrogens with one attached hydrogen (secondary N) is 1. The topological polar surface area (TPSA) is 32.3 Å². The van der Waals surface area contributed by atoms with E-state index >= 15 is 0 Å². The van der Waals surface area contributed by atoms with Crippen LogP contribution in [0.4, 0.5) is 8.78 Å². The number of hydrogen-bond donors (Lipinski definition) is 1. The Balaban J connectivity index is 1.86. The third-order valence-electron chi connectivity index (χ3n) is 3.30. The molecular formula is C14H18F2N2O. The molecule has 0 aliphatic carbocycles. The Bertz CT molecular complexity index is 443. The van der Waals surface area contributed by atoms with Crippen molar-refractivity contribution < 1.29 is 13.6 Å². The van der Waals surface area contributed by atoms with E-state index < -0.39 is 11.6 Å². The lowest BCUT2D eigenvalue weighted by Crippen LogP contribution is -2.34. The molecule has 1 aromatic carbocycles. The molecule has 5 heteroatoms. The van der Waals surface area contributed by atoms with E-state index in [0.29, 0.717) is 18.4 Å². The van der Waals surface area contributed by atoms with E-state index in [1.54, 1.807) is 0 Å². The van der Waals surface area contributed by atoms with Crippen molar-refractivity contribution in [3.8, 4) is 0 Å². The SMILES string of the molecule is O=C(CCc1ccc(F)c(F)c1)N1CCCNCC1. The van der Waals surface area contributed by atoms with Gasteiger partial charge in [0.2, 0.25) is 5.91 Å². The smallest absolute Gasteiger partial charge is 0.222 e. The molecule has 0 saturated carbocycles. The summed E-state index contributed by atoms with van der Waals surface area (Å²) in [5.74, 6) is -1.63.